The van der Waals surface area contributed by atoms with Crippen molar-refractivity contribution in [1.82, 2.24) is 15.0 Å². The number of rotatable bonds is 4. The number of para-hydroxylation sites is 1. The van der Waals surface area contributed by atoms with E-state index in [-0.39, 0.29) is 11.6 Å². The number of hydrogen-bond acceptors (Lipinski definition) is 8. The highest BCUT2D eigenvalue weighted by atomic mass is 32.2. The van der Waals surface area contributed by atoms with E-state index in [4.69, 9.17) is 5.73 Å². The Morgan fingerprint density at radius 2 is 1.95 bits per heavy atom. The third-order valence-electron chi connectivity index (χ3n) is 2.28. The van der Waals surface area contributed by atoms with Gasteiger partial charge in [-0.05, 0) is 17.8 Å². The molecule has 0 fully saturated rings. The summed E-state index contributed by atoms with van der Waals surface area (Å²) in [6.45, 7) is 0. The zero-order valence-corrected chi connectivity index (χ0v) is 11.7. The van der Waals surface area contributed by atoms with Gasteiger partial charge in [0.15, 0.2) is 5.16 Å². The van der Waals surface area contributed by atoms with Gasteiger partial charge in [-0.15, -0.1) is 0 Å². The van der Waals surface area contributed by atoms with E-state index in [0.717, 1.165) is 11.8 Å². The minimum Gasteiger partial charge on any atom is -0.368 e. The first-order valence-corrected chi connectivity index (χ1v) is 6.39. The van der Waals surface area contributed by atoms with E-state index in [1.807, 2.05) is 0 Å². The molecule has 1 aromatic heterocycles. The molecular formula is C11H12N6O2S. The second-order valence-corrected chi connectivity index (χ2v) is 5.01. The maximum absolute atomic E-state index is 11.0. The molecule has 1 heterocycles. The summed E-state index contributed by atoms with van der Waals surface area (Å²) in [7, 11) is 3.54. The Morgan fingerprint density at radius 3 is 2.60 bits per heavy atom. The Balaban J connectivity index is 2.38. The zero-order chi connectivity index (χ0) is 14.7. The Kier molecular flexibility index (Phi) is 3.99. The molecule has 2 N–H and O–H groups in total. The molecule has 9 heteroatoms. The third kappa shape index (κ3) is 3.12. The van der Waals surface area contributed by atoms with E-state index in [0.29, 0.717) is 16.0 Å². The molecule has 0 radical (unpaired) electrons. The van der Waals surface area contributed by atoms with Crippen LogP contribution >= 0.6 is 11.8 Å². The summed E-state index contributed by atoms with van der Waals surface area (Å²) in [5, 5.41) is 11.3. The predicted molar refractivity (Wildman–Crippen MR) is 75.8 cm³/mol. The maximum Gasteiger partial charge on any atom is 0.283 e. The van der Waals surface area contributed by atoms with Crippen LogP contribution in [0.25, 0.3) is 0 Å². The number of nitrogen functional groups attached to an aromatic ring is 1. The van der Waals surface area contributed by atoms with Crippen molar-refractivity contribution in [1.29, 1.82) is 0 Å². The van der Waals surface area contributed by atoms with Crippen molar-refractivity contribution in [2.45, 2.75) is 10.1 Å². The summed E-state index contributed by atoms with van der Waals surface area (Å²) in [5.74, 6) is 0.475. The van der Waals surface area contributed by atoms with Crippen LogP contribution in [-0.2, 0) is 0 Å². The van der Waals surface area contributed by atoms with Crippen LogP contribution in [0.5, 0.6) is 0 Å². The smallest absolute Gasteiger partial charge is 0.283 e. The van der Waals surface area contributed by atoms with E-state index < -0.39 is 4.92 Å². The standard InChI is InChI=1S/C11H12N6O2S/c1-16(2)10-13-9(12)14-11(15-10)20-8-6-4-3-5-7(8)17(18)19/h3-6H,1-2H3,(H2,12,13,14,15). The third-order valence-corrected chi connectivity index (χ3v) is 3.21. The van der Waals surface area contributed by atoms with Crippen LogP contribution in [0, 0.1) is 10.1 Å². The molecule has 2 aromatic rings. The van der Waals surface area contributed by atoms with Gasteiger partial charge in [-0.1, -0.05) is 12.1 Å². The fourth-order valence-electron chi connectivity index (χ4n) is 1.40. The fourth-order valence-corrected chi connectivity index (χ4v) is 2.26. The lowest BCUT2D eigenvalue weighted by Crippen LogP contribution is -2.15. The number of nitrogens with two attached hydrogens (primary N) is 1. The molecule has 0 bridgehead atoms. The first-order valence-electron chi connectivity index (χ1n) is 5.57. The van der Waals surface area contributed by atoms with Crippen LogP contribution in [0.1, 0.15) is 0 Å². The molecule has 1 aromatic carbocycles. The van der Waals surface area contributed by atoms with Crippen LogP contribution in [0.2, 0.25) is 0 Å². The summed E-state index contributed by atoms with van der Waals surface area (Å²) in [4.78, 5) is 24.8. The summed E-state index contributed by atoms with van der Waals surface area (Å²) in [6, 6.07) is 6.39. The Labute approximate surface area is 119 Å². The van der Waals surface area contributed by atoms with Gasteiger partial charge in [-0.3, -0.25) is 10.1 Å². The molecule has 0 atom stereocenters. The van der Waals surface area contributed by atoms with Gasteiger partial charge in [-0.2, -0.15) is 15.0 Å². The van der Waals surface area contributed by atoms with Crippen molar-refractivity contribution in [3.05, 3.63) is 34.4 Å². The van der Waals surface area contributed by atoms with Gasteiger partial charge < -0.3 is 10.6 Å². The summed E-state index contributed by atoms with van der Waals surface area (Å²) >= 11 is 1.08. The van der Waals surface area contributed by atoms with Gasteiger partial charge in [0.05, 0.1) is 9.82 Å². The van der Waals surface area contributed by atoms with E-state index >= 15 is 0 Å². The SMILES string of the molecule is CN(C)c1nc(N)nc(Sc2ccccc2[N+](=O)[O-])n1. The normalized spacial score (nSPS) is 10.3. The second kappa shape index (κ2) is 5.70. The van der Waals surface area contributed by atoms with Gasteiger partial charge in [-0.25, -0.2) is 0 Å². The molecule has 0 spiro atoms. The topological polar surface area (TPSA) is 111 Å². The Bertz CT molecular complexity index is 649. The van der Waals surface area contributed by atoms with Gasteiger partial charge in [0, 0.05) is 20.2 Å². The first kappa shape index (κ1) is 14.0. The first-order chi connectivity index (χ1) is 9.47. The highest BCUT2D eigenvalue weighted by Gasteiger charge is 2.16. The van der Waals surface area contributed by atoms with Gasteiger partial charge in [0.25, 0.3) is 5.69 Å². The lowest BCUT2D eigenvalue weighted by atomic mass is 10.3. The number of hydrogen-bond donors (Lipinski definition) is 1. The number of benzene rings is 1. The molecule has 0 saturated carbocycles. The minimum atomic E-state index is -0.445. The maximum atomic E-state index is 11.0. The number of nitro benzene ring substituents is 1. The number of aromatic nitrogens is 3. The lowest BCUT2D eigenvalue weighted by Gasteiger charge is -2.11. The number of nitrogens with zero attached hydrogens (tertiary/aromatic N) is 5. The Hall–Kier alpha value is -2.42. The van der Waals surface area contributed by atoms with E-state index in [1.54, 1.807) is 37.2 Å². The Morgan fingerprint density at radius 1 is 1.25 bits per heavy atom. The number of anilines is 2. The van der Waals surface area contributed by atoms with Crippen LogP contribution in [0.4, 0.5) is 17.6 Å². The molecule has 0 aliphatic carbocycles. The average molecular weight is 292 g/mol. The van der Waals surface area contributed by atoms with Crippen molar-refractivity contribution < 1.29 is 4.92 Å². The molecule has 0 aliphatic heterocycles. The van der Waals surface area contributed by atoms with Crippen molar-refractivity contribution >= 4 is 29.3 Å². The van der Waals surface area contributed by atoms with Crippen molar-refractivity contribution in [3.8, 4) is 0 Å². The quantitative estimate of drug-likeness (QED) is 0.667. The van der Waals surface area contributed by atoms with Crippen LogP contribution in [0.3, 0.4) is 0 Å². The molecule has 8 nitrogen and oxygen atoms in total. The van der Waals surface area contributed by atoms with E-state index in [1.165, 1.54) is 6.07 Å². The van der Waals surface area contributed by atoms with E-state index in [9.17, 15) is 10.1 Å². The van der Waals surface area contributed by atoms with Gasteiger partial charge in [0.2, 0.25) is 11.9 Å². The molecular weight excluding hydrogens is 280 g/mol. The number of nitro groups is 1. The molecule has 0 aliphatic rings. The van der Waals surface area contributed by atoms with Crippen molar-refractivity contribution in [2.24, 2.45) is 0 Å². The largest absolute Gasteiger partial charge is 0.368 e. The molecule has 0 saturated heterocycles. The molecule has 2 rings (SSSR count). The van der Waals surface area contributed by atoms with Gasteiger partial charge >= 0.3 is 0 Å². The van der Waals surface area contributed by atoms with Crippen LogP contribution in [-0.4, -0.2) is 34.0 Å². The van der Waals surface area contributed by atoms with Crippen LogP contribution < -0.4 is 10.6 Å². The van der Waals surface area contributed by atoms with Crippen molar-refractivity contribution in [3.63, 3.8) is 0 Å². The average Bonchev–Trinajstić information content (AvgIpc) is 2.38. The highest BCUT2D eigenvalue weighted by Crippen LogP contribution is 2.33. The molecule has 0 amide bonds. The molecule has 20 heavy (non-hydrogen) atoms. The predicted octanol–water partition coefficient (Wildman–Crippen LogP) is 1.58. The van der Waals surface area contributed by atoms with Gasteiger partial charge in [0.1, 0.15) is 0 Å². The summed E-state index contributed by atoms with van der Waals surface area (Å²) in [6.07, 6.45) is 0. The minimum absolute atomic E-state index is 0.00267. The summed E-state index contributed by atoms with van der Waals surface area (Å²) < 4.78 is 0. The lowest BCUT2D eigenvalue weighted by molar-refractivity contribution is -0.387. The molecule has 104 valence electrons. The monoisotopic (exact) mass is 292 g/mol. The second-order valence-electron chi connectivity index (χ2n) is 4.00. The zero-order valence-electron chi connectivity index (χ0n) is 10.8. The molecule has 0 unspecified atom stereocenters. The van der Waals surface area contributed by atoms with E-state index in [2.05, 4.69) is 15.0 Å². The highest BCUT2D eigenvalue weighted by molar-refractivity contribution is 7.99. The fraction of sp³-hybridized carbons (Fsp3) is 0.182. The van der Waals surface area contributed by atoms with Crippen molar-refractivity contribution in [2.75, 3.05) is 24.7 Å². The van der Waals surface area contributed by atoms with Crippen LogP contribution in [0.15, 0.2) is 34.3 Å². The summed E-state index contributed by atoms with van der Waals surface area (Å²) in [5.41, 5.74) is 5.62.